The van der Waals surface area contributed by atoms with Crippen molar-refractivity contribution in [2.75, 3.05) is 18.4 Å². The summed E-state index contributed by atoms with van der Waals surface area (Å²) < 4.78 is 0. The van der Waals surface area contributed by atoms with Crippen molar-refractivity contribution >= 4 is 23.0 Å². The van der Waals surface area contributed by atoms with E-state index in [0.29, 0.717) is 0 Å². The van der Waals surface area contributed by atoms with Gasteiger partial charge in [0.2, 0.25) is 0 Å². The Bertz CT molecular complexity index is 421. The average Bonchev–Trinajstić information content (AvgIpc) is 2.43. The van der Waals surface area contributed by atoms with E-state index in [1.54, 1.807) is 0 Å². The number of thiocarbonyl (C=S) groups is 1. The molecule has 0 aliphatic rings. The molecule has 1 aromatic rings. The molecule has 0 heterocycles. The molecule has 112 valence electrons. The largest absolute Gasteiger partial charge is 0.349 e. The van der Waals surface area contributed by atoms with Crippen molar-refractivity contribution in [2.24, 2.45) is 0 Å². The molecule has 0 unspecified atom stereocenters. The second kappa shape index (κ2) is 8.96. The normalized spacial score (nSPS) is 10.4. The van der Waals surface area contributed by atoms with Gasteiger partial charge in [0, 0.05) is 18.8 Å². The highest BCUT2D eigenvalue weighted by Gasteiger charge is 2.09. The van der Waals surface area contributed by atoms with Crippen LogP contribution >= 0.6 is 12.2 Å². The van der Waals surface area contributed by atoms with E-state index >= 15 is 0 Å². The maximum Gasteiger partial charge on any atom is 0.173 e. The van der Waals surface area contributed by atoms with Gasteiger partial charge in [-0.2, -0.15) is 0 Å². The van der Waals surface area contributed by atoms with Crippen LogP contribution in [0.5, 0.6) is 0 Å². The minimum absolute atomic E-state index is 0.857. The molecule has 0 aromatic heterocycles. The van der Waals surface area contributed by atoms with Crippen LogP contribution in [0.2, 0.25) is 0 Å². The highest BCUT2D eigenvalue weighted by Crippen LogP contribution is 2.15. The van der Waals surface area contributed by atoms with Gasteiger partial charge in [-0.15, -0.1) is 0 Å². The summed E-state index contributed by atoms with van der Waals surface area (Å²) >= 11 is 5.58. The summed E-state index contributed by atoms with van der Waals surface area (Å²) in [4.78, 5) is 2.30. The predicted octanol–water partition coefficient (Wildman–Crippen LogP) is 4.90. The molecule has 0 saturated heterocycles. The smallest absolute Gasteiger partial charge is 0.173 e. The molecule has 3 heteroatoms. The molecule has 0 radical (unpaired) electrons. The number of nitrogens with zero attached hydrogens (tertiary/aromatic N) is 1. The van der Waals surface area contributed by atoms with Crippen molar-refractivity contribution < 1.29 is 0 Å². The van der Waals surface area contributed by atoms with Gasteiger partial charge in [-0.3, -0.25) is 0 Å². The van der Waals surface area contributed by atoms with Gasteiger partial charge in [-0.1, -0.05) is 32.8 Å². The summed E-state index contributed by atoms with van der Waals surface area (Å²) in [5, 5.41) is 4.24. The van der Waals surface area contributed by atoms with Crippen LogP contribution in [-0.2, 0) is 0 Å². The zero-order valence-corrected chi connectivity index (χ0v) is 14.1. The third kappa shape index (κ3) is 5.49. The summed E-state index contributed by atoms with van der Waals surface area (Å²) in [6.07, 6.45) is 4.79. The maximum absolute atomic E-state index is 5.58. The quantitative estimate of drug-likeness (QED) is 0.719. The van der Waals surface area contributed by atoms with Gasteiger partial charge >= 0.3 is 0 Å². The zero-order valence-electron chi connectivity index (χ0n) is 13.3. The summed E-state index contributed by atoms with van der Waals surface area (Å²) in [7, 11) is 0. The lowest BCUT2D eigenvalue weighted by Gasteiger charge is -2.26. The van der Waals surface area contributed by atoms with Gasteiger partial charge in [-0.25, -0.2) is 0 Å². The fourth-order valence-corrected chi connectivity index (χ4v) is 2.33. The summed E-state index contributed by atoms with van der Waals surface area (Å²) in [6.45, 7) is 10.8. The van der Waals surface area contributed by atoms with Crippen molar-refractivity contribution in [3.63, 3.8) is 0 Å². The number of hydrogen-bond donors (Lipinski definition) is 1. The van der Waals surface area contributed by atoms with E-state index in [1.165, 1.54) is 36.8 Å². The van der Waals surface area contributed by atoms with Crippen LogP contribution < -0.4 is 5.32 Å². The molecule has 0 saturated carbocycles. The predicted molar refractivity (Wildman–Crippen MR) is 93.5 cm³/mol. The van der Waals surface area contributed by atoms with Gasteiger partial charge < -0.3 is 10.2 Å². The van der Waals surface area contributed by atoms with Crippen LogP contribution in [0.15, 0.2) is 18.2 Å². The van der Waals surface area contributed by atoms with Crippen LogP contribution in [-0.4, -0.2) is 23.1 Å². The number of anilines is 1. The Balaban J connectivity index is 2.65. The zero-order chi connectivity index (χ0) is 15.0. The topological polar surface area (TPSA) is 15.3 Å². The summed E-state index contributed by atoms with van der Waals surface area (Å²) in [5.74, 6) is 0. The van der Waals surface area contributed by atoms with Crippen molar-refractivity contribution in [1.82, 2.24) is 4.90 Å². The Labute approximate surface area is 129 Å². The molecule has 1 rings (SSSR count). The van der Waals surface area contributed by atoms with Crippen molar-refractivity contribution in [1.29, 1.82) is 0 Å². The number of nitrogens with one attached hydrogen (secondary N) is 1. The minimum atomic E-state index is 0.857. The molecule has 0 spiro atoms. The molecular weight excluding hydrogens is 264 g/mol. The molecule has 20 heavy (non-hydrogen) atoms. The molecule has 1 aromatic carbocycles. The van der Waals surface area contributed by atoms with Crippen LogP contribution in [0.25, 0.3) is 0 Å². The molecule has 0 atom stereocenters. The number of hydrogen-bond acceptors (Lipinski definition) is 1. The summed E-state index contributed by atoms with van der Waals surface area (Å²) in [5.41, 5.74) is 3.71. The van der Waals surface area contributed by atoms with E-state index in [1.807, 2.05) is 0 Å². The molecule has 0 amide bonds. The second-order valence-electron chi connectivity index (χ2n) is 5.42. The Hall–Kier alpha value is -1.09. The van der Waals surface area contributed by atoms with Gasteiger partial charge in [0.05, 0.1) is 0 Å². The van der Waals surface area contributed by atoms with Gasteiger partial charge in [-0.05, 0) is 62.2 Å². The van der Waals surface area contributed by atoms with Gasteiger partial charge in [0.25, 0.3) is 0 Å². The van der Waals surface area contributed by atoms with E-state index in [0.717, 1.165) is 23.9 Å². The molecule has 0 fully saturated rings. The maximum atomic E-state index is 5.58. The van der Waals surface area contributed by atoms with Crippen LogP contribution in [0, 0.1) is 13.8 Å². The van der Waals surface area contributed by atoms with E-state index < -0.39 is 0 Å². The fourth-order valence-electron chi connectivity index (χ4n) is 2.03. The van der Waals surface area contributed by atoms with Crippen LogP contribution in [0.4, 0.5) is 5.69 Å². The van der Waals surface area contributed by atoms with Crippen LogP contribution in [0.1, 0.15) is 50.7 Å². The standard InChI is InChI=1S/C17H28N2S/c1-5-7-11-19(12-8-6-2)17(20)18-16-10-9-14(3)15(4)13-16/h9-10,13H,5-8,11-12H2,1-4H3,(H,18,20). The van der Waals surface area contributed by atoms with E-state index in [2.05, 4.69) is 56.1 Å². The Morgan fingerprint density at radius 1 is 1.05 bits per heavy atom. The lowest BCUT2D eigenvalue weighted by Crippen LogP contribution is -2.36. The molecule has 1 N–H and O–H groups in total. The number of unbranched alkanes of at least 4 members (excludes halogenated alkanes) is 2. The third-order valence-corrected chi connectivity index (χ3v) is 3.97. The first kappa shape index (κ1) is 17.0. The second-order valence-corrected chi connectivity index (χ2v) is 5.81. The third-order valence-electron chi connectivity index (χ3n) is 3.61. The molecular formula is C17H28N2S. The lowest BCUT2D eigenvalue weighted by molar-refractivity contribution is 0.403. The first-order chi connectivity index (χ1) is 9.58. The SMILES string of the molecule is CCCCN(CCCC)C(=S)Nc1ccc(C)c(C)c1. The summed E-state index contributed by atoms with van der Waals surface area (Å²) in [6, 6.07) is 6.41. The number of benzene rings is 1. The van der Waals surface area contributed by atoms with E-state index in [9.17, 15) is 0 Å². The van der Waals surface area contributed by atoms with E-state index in [4.69, 9.17) is 12.2 Å². The lowest BCUT2D eigenvalue weighted by atomic mass is 10.1. The Kier molecular flexibility index (Phi) is 7.60. The highest BCUT2D eigenvalue weighted by atomic mass is 32.1. The Morgan fingerprint density at radius 2 is 1.65 bits per heavy atom. The van der Waals surface area contributed by atoms with Crippen molar-refractivity contribution in [2.45, 2.75) is 53.4 Å². The van der Waals surface area contributed by atoms with Crippen LogP contribution in [0.3, 0.4) is 0 Å². The van der Waals surface area contributed by atoms with Crippen molar-refractivity contribution in [3.8, 4) is 0 Å². The van der Waals surface area contributed by atoms with E-state index in [-0.39, 0.29) is 0 Å². The molecule has 0 aliphatic heterocycles. The number of rotatable bonds is 7. The average molecular weight is 292 g/mol. The first-order valence-corrected chi connectivity index (χ1v) is 8.12. The van der Waals surface area contributed by atoms with Crippen molar-refractivity contribution in [3.05, 3.63) is 29.3 Å². The minimum Gasteiger partial charge on any atom is -0.349 e. The highest BCUT2D eigenvalue weighted by molar-refractivity contribution is 7.80. The van der Waals surface area contributed by atoms with Gasteiger partial charge in [0.1, 0.15) is 0 Å². The molecule has 0 bridgehead atoms. The fraction of sp³-hybridized carbons (Fsp3) is 0.588. The Morgan fingerprint density at radius 3 is 2.15 bits per heavy atom. The molecule has 0 aliphatic carbocycles. The number of aryl methyl sites for hydroxylation is 2. The van der Waals surface area contributed by atoms with Gasteiger partial charge in [0.15, 0.2) is 5.11 Å². The first-order valence-electron chi connectivity index (χ1n) is 7.71. The molecule has 2 nitrogen and oxygen atoms in total. The monoisotopic (exact) mass is 292 g/mol.